The molecule has 0 aromatic carbocycles. The number of methoxy groups -OCH3 is 1. The Kier molecular flexibility index (Phi) is 36.4. The number of carbonyl (C=O) groups is 7. The molecule has 0 spiro atoms. The smallest absolute Gasteiger partial charge is 0.311 e. The van der Waals surface area contributed by atoms with Crippen LogP contribution in [-0.2, 0) is 57.2 Å². The Labute approximate surface area is 419 Å². The standard InChI is InChI=1S/C52H94N4O14/c1-7-9-11-13-15-17-18-19-20-21-22-24-26-28-30-32-44(60)68-40(31-29-27-25-23-16-14-12-10-8-2)35-45(61)70-52-46(55-39(5)58)48(47(62)42(36-57)69-52)67-38(4)51(65)54-37(3)50(64)56-41(49(53)63)33-34-43(59)66-6/h37-38,40-42,46-48,52,57,62H,7-36H2,1-6H3,(H2,53,63)(H,54,65)(H,55,58)(H,56,64)/t37-,38?,40+,41+,42+,46+,47+,48-,52+/m0/s1. The summed E-state index contributed by atoms with van der Waals surface area (Å²) in [5, 5.41) is 28.8. The van der Waals surface area contributed by atoms with E-state index in [0.717, 1.165) is 51.4 Å². The number of nitrogens with two attached hydrogens (primary N) is 1. The number of aliphatic hydroxyl groups is 2. The molecule has 0 radical (unpaired) electrons. The maximum Gasteiger partial charge on any atom is 0.311 e. The summed E-state index contributed by atoms with van der Waals surface area (Å²) in [5.41, 5.74) is 5.39. The molecule has 18 heteroatoms. The minimum Gasteiger partial charge on any atom is -0.469 e. The van der Waals surface area contributed by atoms with Crippen molar-refractivity contribution in [3.63, 3.8) is 0 Å². The summed E-state index contributed by atoms with van der Waals surface area (Å²) >= 11 is 0. The largest absolute Gasteiger partial charge is 0.469 e. The van der Waals surface area contributed by atoms with E-state index >= 15 is 0 Å². The van der Waals surface area contributed by atoms with Crippen LogP contribution in [0.15, 0.2) is 0 Å². The highest BCUT2D eigenvalue weighted by Gasteiger charge is 2.49. The molecule has 1 rings (SSSR count). The maximum atomic E-state index is 13.7. The third kappa shape index (κ3) is 29.5. The van der Waals surface area contributed by atoms with E-state index in [4.69, 9.17) is 24.7 Å². The number of aliphatic hydroxyl groups excluding tert-OH is 2. The van der Waals surface area contributed by atoms with E-state index in [-0.39, 0.29) is 25.7 Å². The third-order valence-corrected chi connectivity index (χ3v) is 12.8. The fourth-order valence-electron chi connectivity index (χ4n) is 8.49. The number of amides is 4. The molecule has 1 fully saturated rings. The van der Waals surface area contributed by atoms with Gasteiger partial charge in [-0.25, -0.2) is 0 Å². The lowest BCUT2D eigenvalue weighted by Gasteiger charge is -2.44. The van der Waals surface area contributed by atoms with Gasteiger partial charge in [0.05, 0.1) is 20.1 Å². The molecule has 7 N–H and O–H groups in total. The first kappa shape index (κ1) is 64.1. The van der Waals surface area contributed by atoms with Crippen molar-refractivity contribution in [2.45, 2.75) is 276 Å². The average molecular weight is 999 g/mol. The lowest BCUT2D eigenvalue weighted by atomic mass is 9.96. The lowest BCUT2D eigenvalue weighted by Crippen LogP contribution is -2.66. The number of esters is 3. The first-order chi connectivity index (χ1) is 33.6. The second kappa shape index (κ2) is 39.7. The van der Waals surface area contributed by atoms with Crippen molar-refractivity contribution >= 4 is 41.5 Å². The fourth-order valence-corrected chi connectivity index (χ4v) is 8.49. The number of nitrogens with one attached hydrogen (secondary N) is 3. The van der Waals surface area contributed by atoms with E-state index in [1.807, 2.05) is 0 Å². The lowest BCUT2D eigenvalue weighted by molar-refractivity contribution is -0.274. The predicted octanol–water partition coefficient (Wildman–Crippen LogP) is 6.80. The van der Waals surface area contributed by atoms with Crippen molar-refractivity contribution < 1.29 is 67.5 Å². The quantitative estimate of drug-likeness (QED) is 0.0209. The molecule has 9 atom stereocenters. The normalized spacial score (nSPS) is 19.5. The van der Waals surface area contributed by atoms with E-state index in [1.165, 1.54) is 124 Å². The first-order valence-electron chi connectivity index (χ1n) is 26.8. The molecule has 1 unspecified atom stereocenters. The Morgan fingerprint density at radius 3 is 1.61 bits per heavy atom. The number of rotatable bonds is 42. The minimum absolute atomic E-state index is 0.136. The molecule has 0 saturated carbocycles. The van der Waals surface area contributed by atoms with E-state index in [9.17, 15) is 43.8 Å². The Morgan fingerprint density at radius 1 is 0.643 bits per heavy atom. The first-order valence-corrected chi connectivity index (χ1v) is 26.8. The zero-order chi connectivity index (χ0) is 52.1. The molecule has 1 aliphatic heterocycles. The number of primary amides is 1. The fraction of sp³-hybridized carbons (Fsp3) is 0.865. The van der Waals surface area contributed by atoms with Gasteiger partial charge in [0.1, 0.15) is 48.6 Å². The van der Waals surface area contributed by atoms with Crippen LogP contribution in [0.1, 0.15) is 221 Å². The van der Waals surface area contributed by atoms with Gasteiger partial charge in [-0.15, -0.1) is 0 Å². The van der Waals surface area contributed by atoms with Gasteiger partial charge in [0, 0.05) is 19.8 Å². The van der Waals surface area contributed by atoms with Crippen molar-refractivity contribution in [3.05, 3.63) is 0 Å². The molecule has 0 bridgehead atoms. The molecule has 1 heterocycles. The highest BCUT2D eigenvalue weighted by atomic mass is 16.7. The van der Waals surface area contributed by atoms with Gasteiger partial charge >= 0.3 is 17.9 Å². The molecular formula is C52H94N4O14. The van der Waals surface area contributed by atoms with Gasteiger partial charge in [-0.1, -0.05) is 155 Å². The average Bonchev–Trinajstić information content (AvgIpc) is 3.32. The van der Waals surface area contributed by atoms with E-state index < -0.39 is 103 Å². The van der Waals surface area contributed by atoms with E-state index in [1.54, 1.807) is 0 Å². The molecule has 4 amide bonds. The third-order valence-electron chi connectivity index (χ3n) is 12.8. The van der Waals surface area contributed by atoms with Crippen molar-refractivity contribution in [2.75, 3.05) is 13.7 Å². The summed E-state index contributed by atoms with van der Waals surface area (Å²) in [7, 11) is 1.17. The summed E-state index contributed by atoms with van der Waals surface area (Å²) in [6.45, 7) is 7.51. The maximum absolute atomic E-state index is 13.7. The molecule has 0 aromatic rings. The highest BCUT2D eigenvalue weighted by Crippen LogP contribution is 2.27. The molecule has 70 heavy (non-hydrogen) atoms. The second-order valence-corrected chi connectivity index (χ2v) is 19.1. The van der Waals surface area contributed by atoms with Crippen LogP contribution >= 0.6 is 0 Å². The van der Waals surface area contributed by atoms with Gasteiger partial charge in [-0.3, -0.25) is 33.6 Å². The van der Waals surface area contributed by atoms with Gasteiger partial charge in [0.15, 0.2) is 0 Å². The Morgan fingerprint density at radius 2 is 1.14 bits per heavy atom. The summed E-state index contributed by atoms with van der Waals surface area (Å²) in [6, 6.07) is -3.85. The summed E-state index contributed by atoms with van der Waals surface area (Å²) < 4.78 is 28.0. The van der Waals surface area contributed by atoms with E-state index in [0.29, 0.717) is 12.8 Å². The Balaban J connectivity index is 2.93. The highest BCUT2D eigenvalue weighted by molar-refractivity contribution is 5.92. The number of carbonyl (C=O) groups excluding carboxylic acids is 7. The van der Waals surface area contributed by atoms with E-state index in [2.05, 4.69) is 34.5 Å². The molecular weight excluding hydrogens is 905 g/mol. The zero-order valence-corrected chi connectivity index (χ0v) is 43.8. The van der Waals surface area contributed by atoms with Gasteiger partial charge < -0.3 is 55.6 Å². The molecule has 0 aliphatic carbocycles. The molecule has 1 aliphatic rings. The van der Waals surface area contributed by atoms with Crippen LogP contribution in [0, 0.1) is 0 Å². The number of ether oxygens (including phenoxy) is 5. The van der Waals surface area contributed by atoms with Crippen LogP contribution in [0.4, 0.5) is 0 Å². The molecule has 406 valence electrons. The van der Waals surface area contributed by atoms with Crippen molar-refractivity contribution in [1.29, 1.82) is 0 Å². The summed E-state index contributed by atoms with van der Waals surface area (Å²) in [6.07, 6.45) is 19.6. The van der Waals surface area contributed by atoms with Crippen molar-refractivity contribution in [3.8, 4) is 0 Å². The number of hydrogen-bond donors (Lipinski definition) is 6. The van der Waals surface area contributed by atoms with Gasteiger partial charge in [0.25, 0.3) is 0 Å². The van der Waals surface area contributed by atoms with Crippen molar-refractivity contribution in [2.24, 2.45) is 5.73 Å². The Hall–Kier alpha value is -3.87. The van der Waals surface area contributed by atoms with Crippen LogP contribution < -0.4 is 21.7 Å². The van der Waals surface area contributed by atoms with Gasteiger partial charge in [-0.05, 0) is 39.5 Å². The molecule has 1 saturated heterocycles. The van der Waals surface area contributed by atoms with Crippen LogP contribution in [0.25, 0.3) is 0 Å². The van der Waals surface area contributed by atoms with Gasteiger partial charge in [-0.2, -0.15) is 0 Å². The van der Waals surface area contributed by atoms with Crippen molar-refractivity contribution in [1.82, 2.24) is 16.0 Å². The van der Waals surface area contributed by atoms with Crippen LogP contribution in [-0.4, -0.2) is 120 Å². The monoisotopic (exact) mass is 999 g/mol. The van der Waals surface area contributed by atoms with Crippen LogP contribution in [0.3, 0.4) is 0 Å². The zero-order valence-electron chi connectivity index (χ0n) is 43.8. The number of hydrogen-bond acceptors (Lipinski definition) is 14. The van der Waals surface area contributed by atoms with Crippen LogP contribution in [0.5, 0.6) is 0 Å². The predicted molar refractivity (Wildman–Crippen MR) is 266 cm³/mol. The SMILES string of the molecule is CCCCCCCCCCCCCCCCCC(=O)O[C@H](CCCCCCCCCCC)CC(=O)O[C@H]1O[C@H](CO)[C@@H](O)[C@@H](OC(C)C(=O)N[C@@H](C)C(=O)N[C@H](CCC(=O)OC)C(N)=O)[C@H]1NC(C)=O. The Bertz CT molecular complexity index is 1490. The topological polar surface area (TPSA) is 268 Å². The number of unbranched alkanes of at least 4 members (excludes halogenated alkanes) is 22. The summed E-state index contributed by atoms with van der Waals surface area (Å²) in [4.78, 5) is 89.0. The van der Waals surface area contributed by atoms with Crippen LogP contribution in [0.2, 0.25) is 0 Å². The molecule has 0 aromatic heterocycles. The molecule has 18 nitrogen and oxygen atoms in total. The van der Waals surface area contributed by atoms with Gasteiger partial charge in [0.2, 0.25) is 29.9 Å². The minimum atomic E-state index is -1.64. The summed E-state index contributed by atoms with van der Waals surface area (Å²) in [5.74, 6) is -4.98. The second-order valence-electron chi connectivity index (χ2n) is 19.1.